The Balaban J connectivity index is 2.12. The molecule has 0 saturated heterocycles. The van der Waals surface area contributed by atoms with Crippen molar-refractivity contribution in [3.63, 3.8) is 0 Å². The summed E-state index contributed by atoms with van der Waals surface area (Å²) in [5.74, 6) is 0.832. The second kappa shape index (κ2) is 6.74. The van der Waals surface area contributed by atoms with Gasteiger partial charge in [0.25, 0.3) is 0 Å². The Morgan fingerprint density at radius 3 is 2.67 bits per heavy atom. The van der Waals surface area contributed by atoms with Crippen LogP contribution in [-0.2, 0) is 7.05 Å². The molecule has 0 radical (unpaired) electrons. The topological polar surface area (TPSA) is 29.9 Å². The Bertz CT molecular complexity index is 467. The molecule has 3 atom stereocenters. The third kappa shape index (κ3) is 3.84. The van der Waals surface area contributed by atoms with E-state index in [4.69, 9.17) is 0 Å². The van der Waals surface area contributed by atoms with Crippen molar-refractivity contribution in [2.24, 2.45) is 18.4 Å². The molecule has 1 N–H and O–H groups in total. The van der Waals surface area contributed by atoms with E-state index in [1.807, 2.05) is 16.4 Å². The number of nitrogens with zero attached hydrogens (tertiary/aromatic N) is 2. The lowest BCUT2D eigenvalue weighted by Crippen LogP contribution is -2.43. The minimum Gasteiger partial charge on any atom is -0.316 e. The van der Waals surface area contributed by atoms with Gasteiger partial charge in [-0.3, -0.25) is 4.68 Å². The van der Waals surface area contributed by atoms with Crippen molar-refractivity contribution in [1.82, 2.24) is 15.1 Å². The third-order valence-corrected chi connectivity index (χ3v) is 6.86. The summed E-state index contributed by atoms with van der Waals surface area (Å²) in [7, 11) is 4.16. The van der Waals surface area contributed by atoms with Crippen molar-refractivity contribution >= 4 is 11.8 Å². The molecule has 0 spiro atoms. The zero-order chi connectivity index (χ0) is 15.6. The zero-order valence-corrected chi connectivity index (χ0v) is 15.3. The van der Waals surface area contributed by atoms with Gasteiger partial charge in [-0.25, -0.2) is 0 Å². The number of aryl methyl sites for hydroxylation is 2. The standard InChI is InChI=1S/C17H31N3S/c1-7-17(3,4)13-8-9-14(18-5)15(11-13)21-16-10-12(2)19-20(16)6/h10,13-15,18H,7-9,11H2,1-6H3. The first kappa shape index (κ1) is 16.9. The number of hydrogen-bond acceptors (Lipinski definition) is 3. The van der Waals surface area contributed by atoms with Crippen LogP contribution in [0.25, 0.3) is 0 Å². The Morgan fingerprint density at radius 1 is 1.43 bits per heavy atom. The van der Waals surface area contributed by atoms with Crippen LogP contribution in [0.1, 0.15) is 52.1 Å². The summed E-state index contributed by atoms with van der Waals surface area (Å²) in [5, 5.41) is 9.97. The Labute approximate surface area is 134 Å². The van der Waals surface area contributed by atoms with Gasteiger partial charge in [0.05, 0.1) is 10.7 Å². The van der Waals surface area contributed by atoms with E-state index in [2.05, 4.69) is 58.3 Å². The lowest BCUT2D eigenvalue weighted by molar-refractivity contribution is 0.142. The number of rotatable bonds is 5. The predicted molar refractivity (Wildman–Crippen MR) is 91.9 cm³/mol. The van der Waals surface area contributed by atoms with Gasteiger partial charge in [-0.1, -0.05) is 27.2 Å². The van der Waals surface area contributed by atoms with Gasteiger partial charge in [-0.05, 0) is 50.6 Å². The molecule has 1 aliphatic rings. The fourth-order valence-corrected chi connectivity index (χ4v) is 4.95. The monoisotopic (exact) mass is 309 g/mol. The summed E-state index contributed by atoms with van der Waals surface area (Å²) < 4.78 is 2.03. The predicted octanol–water partition coefficient (Wildman–Crippen LogP) is 4.01. The van der Waals surface area contributed by atoms with Crippen LogP contribution in [0.3, 0.4) is 0 Å². The maximum absolute atomic E-state index is 4.49. The smallest absolute Gasteiger partial charge is 0.0942 e. The van der Waals surface area contributed by atoms with E-state index < -0.39 is 0 Å². The molecule has 4 heteroatoms. The highest BCUT2D eigenvalue weighted by Crippen LogP contribution is 2.44. The largest absolute Gasteiger partial charge is 0.316 e. The molecule has 0 aromatic carbocycles. The molecule has 3 unspecified atom stereocenters. The molecule has 1 saturated carbocycles. The van der Waals surface area contributed by atoms with E-state index in [-0.39, 0.29) is 0 Å². The van der Waals surface area contributed by atoms with Crippen molar-refractivity contribution in [3.8, 4) is 0 Å². The maximum atomic E-state index is 4.49. The van der Waals surface area contributed by atoms with Crippen LogP contribution in [0.2, 0.25) is 0 Å². The molecular formula is C17H31N3S. The fraction of sp³-hybridized carbons (Fsp3) is 0.824. The molecule has 1 aromatic rings. The van der Waals surface area contributed by atoms with Crippen molar-refractivity contribution < 1.29 is 0 Å². The average Bonchev–Trinajstić information content (AvgIpc) is 2.76. The van der Waals surface area contributed by atoms with Crippen LogP contribution in [0.5, 0.6) is 0 Å². The highest BCUT2D eigenvalue weighted by molar-refractivity contribution is 7.99. The first-order chi connectivity index (χ1) is 9.87. The third-order valence-electron chi connectivity index (χ3n) is 5.41. The second-order valence-corrected chi connectivity index (χ2v) is 8.41. The molecule has 0 bridgehead atoms. The summed E-state index contributed by atoms with van der Waals surface area (Å²) in [6.07, 6.45) is 5.22. The zero-order valence-electron chi connectivity index (χ0n) is 14.4. The maximum Gasteiger partial charge on any atom is 0.0942 e. The highest BCUT2D eigenvalue weighted by atomic mass is 32.2. The van der Waals surface area contributed by atoms with Crippen molar-refractivity contribution in [3.05, 3.63) is 11.8 Å². The van der Waals surface area contributed by atoms with E-state index in [1.165, 1.54) is 30.7 Å². The molecule has 2 rings (SSSR count). The summed E-state index contributed by atoms with van der Waals surface area (Å²) in [6.45, 7) is 9.28. The van der Waals surface area contributed by atoms with Gasteiger partial charge in [0.1, 0.15) is 0 Å². The summed E-state index contributed by atoms with van der Waals surface area (Å²) in [4.78, 5) is 0. The Kier molecular flexibility index (Phi) is 5.42. The minimum absolute atomic E-state index is 0.458. The van der Waals surface area contributed by atoms with Crippen LogP contribution in [-0.4, -0.2) is 28.1 Å². The van der Waals surface area contributed by atoms with Gasteiger partial charge in [0.15, 0.2) is 0 Å². The lowest BCUT2D eigenvalue weighted by Gasteiger charge is -2.42. The number of thioether (sulfide) groups is 1. The normalized spacial score (nSPS) is 27.0. The molecule has 0 aliphatic heterocycles. The van der Waals surface area contributed by atoms with E-state index in [1.54, 1.807) is 0 Å². The first-order valence-electron chi connectivity index (χ1n) is 8.22. The van der Waals surface area contributed by atoms with Crippen molar-refractivity contribution in [1.29, 1.82) is 0 Å². The van der Waals surface area contributed by atoms with Gasteiger partial charge in [-0.2, -0.15) is 5.10 Å². The van der Waals surface area contributed by atoms with E-state index in [0.717, 1.165) is 11.6 Å². The van der Waals surface area contributed by atoms with Crippen LogP contribution < -0.4 is 5.32 Å². The fourth-order valence-electron chi connectivity index (χ4n) is 3.44. The SMILES string of the molecule is CCC(C)(C)C1CCC(NC)C(Sc2cc(C)nn2C)C1. The number of nitrogens with one attached hydrogen (secondary N) is 1. The number of aromatic nitrogens is 2. The van der Waals surface area contributed by atoms with E-state index in [0.29, 0.717) is 16.7 Å². The van der Waals surface area contributed by atoms with E-state index in [9.17, 15) is 0 Å². The molecule has 120 valence electrons. The molecule has 1 aliphatic carbocycles. The van der Waals surface area contributed by atoms with Crippen molar-refractivity contribution in [2.75, 3.05) is 7.05 Å². The Hall–Kier alpha value is -0.480. The van der Waals surface area contributed by atoms with E-state index >= 15 is 0 Å². The van der Waals surface area contributed by atoms with Gasteiger partial charge < -0.3 is 5.32 Å². The lowest BCUT2D eigenvalue weighted by atomic mass is 9.68. The molecular weight excluding hydrogens is 278 g/mol. The van der Waals surface area contributed by atoms with Crippen LogP contribution in [0.4, 0.5) is 0 Å². The number of hydrogen-bond donors (Lipinski definition) is 1. The van der Waals surface area contributed by atoms with Gasteiger partial charge in [-0.15, -0.1) is 11.8 Å². The molecule has 21 heavy (non-hydrogen) atoms. The van der Waals surface area contributed by atoms with Crippen LogP contribution >= 0.6 is 11.8 Å². The molecule has 3 nitrogen and oxygen atoms in total. The summed E-state index contributed by atoms with van der Waals surface area (Å²) in [6, 6.07) is 2.83. The van der Waals surface area contributed by atoms with Gasteiger partial charge in [0, 0.05) is 18.3 Å². The van der Waals surface area contributed by atoms with Crippen molar-refractivity contribution in [2.45, 2.75) is 69.7 Å². The summed E-state index contributed by atoms with van der Waals surface area (Å²) in [5.41, 5.74) is 1.57. The molecule has 1 aromatic heterocycles. The van der Waals surface area contributed by atoms with Crippen LogP contribution in [0, 0.1) is 18.3 Å². The molecule has 0 amide bonds. The van der Waals surface area contributed by atoms with Crippen LogP contribution in [0.15, 0.2) is 11.1 Å². The molecule has 1 heterocycles. The average molecular weight is 310 g/mol. The summed E-state index contributed by atoms with van der Waals surface area (Å²) >= 11 is 2.01. The first-order valence-corrected chi connectivity index (χ1v) is 9.10. The minimum atomic E-state index is 0.458. The van der Waals surface area contributed by atoms with Gasteiger partial charge >= 0.3 is 0 Å². The Morgan fingerprint density at radius 2 is 2.14 bits per heavy atom. The second-order valence-electron chi connectivity index (χ2n) is 7.15. The highest BCUT2D eigenvalue weighted by Gasteiger charge is 2.37. The molecule has 1 fully saturated rings. The van der Waals surface area contributed by atoms with Gasteiger partial charge in [0.2, 0.25) is 0 Å². The quantitative estimate of drug-likeness (QED) is 0.891.